The summed E-state index contributed by atoms with van der Waals surface area (Å²) in [6.07, 6.45) is 1.29. The van der Waals surface area contributed by atoms with Crippen LogP contribution in [0, 0.1) is 0 Å². The van der Waals surface area contributed by atoms with Crippen LogP contribution in [0.3, 0.4) is 0 Å². The number of allylic oxidation sites excluding steroid dienone is 1. The van der Waals surface area contributed by atoms with Gasteiger partial charge in [-0.05, 0) is 0 Å². The van der Waals surface area contributed by atoms with Crippen LogP contribution >= 0.6 is 11.6 Å². The number of amides is 3. The number of benzene rings is 2. The number of carbonyl (C=O) groups excluding carboxylic acids is 2. The summed E-state index contributed by atoms with van der Waals surface area (Å²) in [5, 5.41) is 6.25. The predicted octanol–water partition coefficient (Wildman–Crippen LogP) is 3.30. The van der Waals surface area contributed by atoms with Crippen LogP contribution in [0.1, 0.15) is 63.4 Å². The van der Waals surface area contributed by atoms with E-state index >= 15 is 0 Å². The maximum absolute atomic E-state index is 13.8. The van der Waals surface area contributed by atoms with E-state index in [1.54, 1.807) is 68.1 Å². The van der Waals surface area contributed by atoms with Gasteiger partial charge in [0, 0.05) is 14.1 Å². The normalized spacial score (nSPS) is 16.3. The maximum atomic E-state index is 13.8. The van der Waals surface area contributed by atoms with Crippen molar-refractivity contribution in [2.45, 2.75) is 76.3 Å². The van der Waals surface area contributed by atoms with Gasteiger partial charge < -0.3 is 4.90 Å². The minimum absolute atomic E-state index is 0.0159. The summed E-state index contributed by atoms with van der Waals surface area (Å²) in [5.74, 6) is 0.807. The van der Waals surface area contributed by atoms with Crippen molar-refractivity contribution in [3.63, 3.8) is 0 Å². The molecule has 4 rings (SSSR count). The molecule has 0 atom stereocenters. The minimum atomic E-state index is -3.59. The Morgan fingerprint density at radius 3 is 2.38 bits per heavy atom. The van der Waals surface area contributed by atoms with E-state index in [9.17, 15) is 18.0 Å². The van der Waals surface area contributed by atoms with Crippen molar-refractivity contribution in [3.8, 4) is 5.75 Å². The van der Waals surface area contributed by atoms with E-state index in [2.05, 4.69) is 17.2 Å². The summed E-state index contributed by atoms with van der Waals surface area (Å²) >= 11 is 5.66. The van der Waals surface area contributed by atoms with Gasteiger partial charge in [-0.1, -0.05) is 0 Å². The van der Waals surface area contributed by atoms with E-state index in [1.807, 2.05) is 35.8 Å². The molecule has 1 fully saturated rings. The molecule has 0 spiro atoms. The molecule has 0 aromatic heterocycles. The van der Waals surface area contributed by atoms with Crippen molar-refractivity contribution >= 4 is 48.6 Å². The summed E-state index contributed by atoms with van der Waals surface area (Å²) in [5.41, 5.74) is 2.42. The van der Waals surface area contributed by atoms with Gasteiger partial charge in [-0.25, -0.2) is 4.79 Å². The number of nitrogens with zero attached hydrogens (tertiary/aromatic N) is 4. The summed E-state index contributed by atoms with van der Waals surface area (Å²) < 4.78 is 34.8. The van der Waals surface area contributed by atoms with E-state index in [1.165, 1.54) is 0 Å². The molecule has 48 heavy (non-hydrogen) atoms. The Hall–Kier alpha value is -3.30. The Balaban J connectivity index is 1.64. The number of rotatable bonds is 11. The number of anilines is 2. The molecule has 2 N–H and O–H groups in total. The fourth-order valence-corrected chi connectivity index (χ4v) is 8.05. The number of hydrogen-bond acceptors (Lipinski definition) is 7. The number of sulfone groups is 1. The first-order valence-corrected chi connectivity index (χ1v) is 20.1. The molecule has 3 amide bonds. The number of fused-ring (bicyclic) bond motifs is 1. The van der Waals surface area contributed by atoms with E-state index in [-0.39, 0.29) is 34.8 Å². The van der Waals surface area contributed by atoms with E-state index in [0.29, 0.717) is 64.0 Å². The van der Waals surface area contributed by atoms with Crippen molar-refractivity contribution < 1.29 is 43.9 Å². The molecular formula is C34H45ClIN6O5S-. The molecule has 262 valence electrons. The number of halogens is 2. The number of aliphatic imine (C=N–C) groups is 1. The quantitative estimate of drug-likeness (QED) is 0.155. The van der Waals surface area contributed by atoms with Crippen molar-refractivity contribution in [2.75, 3.05) is 37.8 Å². The van der Waals surface area contributed by atoms with Gasteiger partial charge in [0.25, 0.3) is 0 Å². The van der Waals surface area contributed by atoms with Crippen LogP contribution in [0.2, 0.25) is 0 Å². The SMILES string of the molecule is C=C[I-]C(=N/C(Nc1ccccc1S(=O)(=O)C(C)C)=C(\C)Cl)Nc1cc2c(cc1OC(C)C)CN(C1CCN(C(=O)N(C)C)CC1)C2=O. The molecular weight excluding hydrogens is 767 g/mol. The third-order valence-electron chi connectivity index (χ3n) is 7.98. The Morgan fingerprint density at radius 1 is 1.12 bits per heavy atom. The Kier molecular flexibility index (Phi) is 12.5. The predicted molar refractivity (Wildman–Crippen MR) is 188 cm³/mol. The third-order valence-corrected chi connectivity index (χ3v) is 11.9. The van der Waals surface area contributed by atoms with Gasteiger partial charge in [-0.3, -0.25) is 0 Å². The average molecular weight is 812 g/mol. The fraction of sp³-hybridized carbons (Fsp3) is 0.441. The molecule has 0 aliphatic carbocycles. The zero-order chi connectivity index (χ0) is 35.3. The van der Waals surface area contributed by atoms with E-state index < -0.39 is 36.3 Å². The van der Waals surface area contributed by atoms with Gasteiger partial charge in [0.2, 0.25) is 0 Å². The summed E-state index contributed by atoms with van der Waals surface area (Å²) in [7, 11) is -0.101. The number of ether oxygens (including phenoxy) is 1. The second-order valence-electron chi connectivity index (χ2n) is 12.4. The fourth-order valence-electron chi connectivity index (χ4n) is 5.51. The van der Waals surface area contributed by atoms with Crippen molar-refractivity contribution in [3.05, 3.63) is 69.0 Å². The molecule has 11 nitrogen and oxygen atoms in total. The van der Waals surface area contributed by atoms with Crippen molar-refractivity contribution in [1.29, 1.82) is 0 Å². The summed E-state index contributed by atoms with van der Waals surface area (Å²) in [6, 6.07) is 10.4. The second-order valence-corrected chi connectivity index (χ2v) is 18.0. The molecule has 2 aliphatic rings. The van der Waals surface area contributed by atoms with Gasteiger partial charge in [0.1, 0.15) is 0 Å². The molecule has 14 heteroatoms. The van der Waals surface area contributed by atoms with Crippen LogP contribution in [0.5, 0.6) is 5.75 Å². The molecule has 0 unspecified atom stereocenters. The Labute approximate surface area is 299 Å². The molecule has 2 aromatic carbocycles. The van der Waals surface area contributed by atoms with E-state index in [4.69, 9.17) is 21.3 Å². The van der Waals surface area contributed by atoms with Gasteiger partial charge in [0.05, 0.1) is 0 Å². The van der Waals surface area contributed by atoms with Gasteiger partial charge >= 0.3 is 277 Å². The molecule has 0 bridgehead atoms. The molecule has 1 saturated heterocycles. The van der Waals surface area contributed by atoms with E-state index in [0.717, 1.165) is 5.56 Å². The average Bonchev–Trinajstić information content (AvgIpc) is 3.34. The molecule has 2 aromatic rings. The third kappa shape index (κ3) is 8.64. The standard InChI is InChI=1S/C34H45ClIN6O5S/c1-9-36-33(39-31(23(6)35)37-27-12-10-11-13-30(27)48(45,46)22(4)5)38-28-19-26-24(18-29(28)47-21(2)3)20-42(32(26)43)25-14-16-41(17-15-25)34(44)40(7)8/h9-13,18-19,21-22,25,37H,1,14-17,20H2,2-8H3,(H,38,39)/q-1/b31-23+. The van der Waals surface area contributed by atoms with Crippen LogP contribution < -0.4 is 36.6 Å². The number of likely N-dealkylation sites (tertiary alicyclic amines) is 1. The van der Waals surface area contributed by atoms with Gasteiger partial charge in [-0.15, -0.1) is 0 Å². The first-order valence-electron chi connectivity index (χ1n) is 15.8. The van der Waals surface area contributed by atoms with Crippen LogP contribution in [0.15, 0.2) is 67.8 Å². The summed E-state index contributed by atoms with van der Waals surface area (Å²) in [6.45, 7) is 14.4. The number of nitrogens with one attached hydrogen (secondary N) is 2. The van der Waals surface area contributed by atoms with Crippen molar-refractivity contribution in [1.82, 2.24) is 14.7 Å². The van der Waals surface area contributed by atoms with Crippen molar-refractivity contribution in [2.24, 2.45) is 4.99 Å². The first kappa shape index (κ1) is 37.5. The number of para-hydroxylation sites is 1. The molecule has 2 heterocycles. The number of amidine groups is 1. The monoisotopic (exact) mass is 811 g/mol. The first-order chi connectivity index (χ1) is 22.6. The van der Waals surface area contributed by atoms with Crippen LogP contribution in [-0.2, 0) is 16.4 Å². The topological polar surface area (TPSA) is 124 Å². The molecule has 0 radical (unpaired) electrons. The molecule has 2 aliphatic heterocycles. The van der Waals surface area contributed by atoms with Crippen LogP contribution in [-0.4, -0.2) is 83.5 Å². The number of piperidine rings is 1. The number of hydrogen-bond donors (Lipinski definition) is 2. The van der Waals surface area contributed by atoms with Gasteiger partial charge in [-0.2, -0.15) is 0 Å². The summed E-state index contributed by atoms with van der Waals surface area (Å²) in [4.78, 5) is 36.5. The second kappa shape index (κ2) is 15.9. The Morgan fingerprint density at radius 2 is 1.79 bits per heavy atom. The zero-order valence-corrected chi connectivity index (χ0v) is 32.2. The van der Waals surface area contributed by atoms with Crippen LogP contribution in [0.25, 0.3) is 0 Å². The van der Waals surface area contributed by atoms with Crippen LogP contribution in [0.4, 0.5) is 16.2 Å². The molecule has 0 saturated carbocycles. The number of carbonyl (C=O) groups is 2. The Bertz CT molecular complexity index is 1710. The van der Waals surface area contributed by atoms with Gasteiger partial charge in [0.15, 0.2) is 0 Å². The number of urea groups is 1. The zero-order valence-electron chi connectivity index (χ0n) is 28.5.